The highest BCUT2D eigenvalue weighted by molar-refractivity contribution is 6.00. The molecule has 1 saturated heterocycles. The first-order valence-corrected chi connectivity index (χ1v) is 10.7. The molecule has 5 rings (SSSR count). The fourth-order valence-electron chi connectivity index (χ4n) is 4.27. The molecule has 0 spiro atoms. The Morgan fingerprint density at radius 3 is 2.81 bits per heavy atom. The van der Waals surface area contributed by atoms with E-state index in [1.807, 2.05) is 30.3 Å². The second-order valence-corrected chi connectivity index (χ2v) is 7.95. The molecule has 2 aliphatic rings. The molecular weight excluding hydrogens is 394 g/mol. The van der Waals surface area contributed by atoms with Gasteiger partial charge in [0.05, 0.1) is 5.92 Å². The van der Waals surface area contributed by atoms with Crippen LogP contribution in [-0.4, -0.2) is 42.7 Å². The minimum atomic E-state index is -0.340. The van der Waals surface area contributed by atoms with Crippen molar-refractivity contribution in [2.45, 2.75) is 19.4 Å². The number of nitrogens with one attached hydrogen (secondary N) is 1. The number of amides is 2. The van der Waals surface area contributed by atoms with Gasteiger partial charge >= 0.3 is 0 Å². The van der Waals surface area contributed by atoms with Crippen LogP contribution < -0.4 is 19.7 Å². The van der Waals surface area contributed by atoms with E-state index in [0.717, 1.165) is 18.7 Å². The molecule has 160 valence electrons. The van der Waals surface area contributed by atoms with Crippen LogP contribution in [-0.2, 0) is 16.1 Å². The average Bonchev–Trinajstić information content (AvgIpc) is 3.40. The van der Waals surface area contributed by atoms with Gasteiger partial charge in [-0.2, -0.15) is 0 Å². The molecule has 1 N–H and O–H groups in total. The smallest absolute Gasteiger partial charge is 0.227 e. The number of hydrogen-bond acceptors (Lipinski definition) is 4. The molecule has 3 heterocycles. The van der Waals surface area contributed by atoms with Gasteiger partial charge in [0.15, 0.2) is 11.5 Å². The number of ether oxygens (including phenoxy) is 2. The maximum atomic E-state index is 12.6. The summed E-state index contributed by atoms with van der Waals surface area (Å²) in [5.74, 6) is 0.878. The zero-order valence-corrected chi connectivity index (χ0v) is 17.3. The molecule has 1 fully saturated rings. The van der Waals surface area contributed by atoms with Crippen molar-refractivity contribution < 1.29 is 19.1 Å². The van der Waals surface area contributed by atoms with E-state index in [0.29, 0.717) is 37.8 Å². The predicted molar refractivity (Wildman–Crippen MR) is 117 cm³/mol. The predicted octanol–water partition coefficient (Wildman–Crippen LogP) is 2.97. The lowest BCUT2D eigenvalue weighted by Gasteiger charge is -2.22. The van der Waals surface area contributed by atoms with Crippen molar-refractivity contribution in [2.75, 3.05) is 31.2 Å². The fraction of sp³-hybridized carbons (Fsp3) is 0.333. The summed E-state index contributed by atoms with van der Waals surface area (Å²) < 4.78 is 13.3. The van der Waals surface area contributed by atoms with Crippen molar-refractivity contribution in [3.8, 4) is 11.5 Å². The van der Waals surface area contributed by atoms with Crippen LogP contribution in [0.3, 0.4) is 0 Å². The Kier molecular flexibility index (Phi) is 5.24. The number of para-hydroxylation sites is 1. The van der Waals surface area contributed by atoms with E-state index < -0.39 is 0 Å². The van der Waals surface area contributed by atoms with E-state index in [1.54, 1.807) is 4.90 Å². The van der Waals surface area contributed by atoms with Gasteiger partial charge < -0.3 is 24.3 Å². The third-order valence-electron chi connectivity index (χ3n) is 5.89. The largest absolute Gasteiger partial charge is 0.486 e. The molecule has 7 nitrogen and oxygen atoms in total. The summed E-state index contributed by atoms with van der Waals surface area (Å²) in [5.41, 5.74) is 1.94. The van der Waals surface area contributed by atoms with Crippen molar-refractivity contribution in [2.24, 2.45) is 5.92 Å². The number of benzene rings is 2. The highest BCUT2D eigenvalue weighted by Crippen LogP contribution is 2.36. The molecule has 1 unspecified atom stereocenters. The number of anilines is 1. The molecule has 7 heteroatoms. The van der Waals surface area contributed by atoms with Crippen LogP contribution in [0.25, 0.3) is 10.9 Å². The van der Waals surface area contributed by atoms with Crippen molar-refractivity contribution in [1.29, 1.82) is 0 Å². The lowest BCUT2D eigenvalue weighted by atomic mass is 10.1. The number of aromatic nitrogens is 1. The molecule has 0 aliphatic carbocycles. The number of hydrogen-bond donors (Lipinski definition) is 1. The second kappa shape index (κ2) is 8.34. The number of carbonyl (C=O) groups is 2. The Hall–Kier alpha value is -3.48. The van der Waals surface area contributed by atoms with E-state index in [-0.39, 0.29) is 24.2 Å². The lowest BCUT2D eigenvalue weighted by Crippen LogP contribution is -2.33. The van der Waals surface area contributed by atoms with Crippen molar-refractivity contribution >= 4 is 28.4 Å². The van der Waals surface area contributed by atoms with Gasteiger partial charge in [0, 0.05) is 49.5 Å². The number of rotatable bonds is 6. The van der Waals surface area contributed by atoms with Gasteiger partial charge in [0.25, 0.3) is 0 Å². The summed E-state index contributed by atoms with van der Waals surface area (Å²) in [7, 11) is 0. The molecule has 1 atom stereocenters. The Labute approximate surface area is 180 Å². The quantitative estimate of drug-likeness (QED) is 0.624. The Balaban J connectivity index is 1.14. The lowest BCUT2D eigenvalue weighted by molar-refractivity contribution is -0.126. The Morgan fingerprint density at radius 1 is 1.06 bits per heavy atom. The first-order valence-electron chi connectivity index (χ1n) is 10.7. The van der Waals surface area contributed by atoms with Gasteiger partial charge in [-0.3, -0.25) is 9.59 Å². The van der Waals surface area contributed by atoms with Gasteiger partial charge in [0.2, 0.25) is 11.8 Å². The normalized spacial score (nSPS) is 17.9. The molecule has 0 radical (unpaired) electrons. The monoisotopic (exact) mass is 419 g/mol. The Bertz CT molecular complexity index is 1120. The van der Waals surface area contributed by atoms with Gasteiger partial charge in [-0.05, 0) is 36.1 Å². The van der Waals surface area contributed by atoms with Crippen molar-refractivity contribution in [3.63, 3.8) is 0 Å². The minimum absolute atomic E-state index is 0.0457. The van der Waals surface area contributed by atoms with Crippen LogP contribution in [0.2, 0.25) is 0 Å². The second-order valence-electron chi connectivity index (χ2n) is 7.95. The van der Waals surface area contributed by atoms with Crippen LogP contribution in [0, 0.1) is 5.92 Å². The van der Waals surface area contributed by atoms with E-state index in [1.165, 1.54) is 10.9 Å². The van der Waals surface area contributed by atoms with E-state index in [2.05, 4.69) is 34.3 Å². The highest BCUT2D eigenvalue weighted by atomic mass is 16.6. The maximum absolute atomic E-state index is 12.6. The molecule has 3 aromatic rings. The van der Waals surface area contributed by atoms with E-state index in [4.69, 9.17) is 9.47 Å². The maximum Gasteiger partial charge on any atom is 0.227 e. The number of aryl methyl sites for hydroxylation is 1. The highest BCUT2D eigenvalue weighted by Gasteiger charge is 2.35. The molecule has 0 bridgehead atoms. The van der Waals surface area contributed by atoms with E-state index in [9.17, 15) is 9.59 Å². The SMILES string of the molecule is O=C(NCCCn1ccc2ccccc21)C1CC(=O)N(c2ccc3c(c2)OCCO3)C1. The van der Waals surface area contributed by atoms with E-state index >= 15 is 0 Å². The third-order valence-corrected chi connectivity index (χ3v) is 5.89. The molecule has 2 aliphatic heterocycles. The molecule has 1 aromatic heterocycles. The number of fused-ring (bicyclic) bond motifs is 2. The van der Waals surface area contributed by atoms with Crippen LogP contribution in [0.1, 0.15) is 12.8 Å². The molecule has 0 saturated carbocycles. The molecule has 2 aromatic carbocycles. The molecular formula is C24H25N3O4. The van der Waals surface area contributed by atoms with Gasteiger partial charge in [-0.25, -0.2) is 0 Å². The zero-order chi connectivity index (χ0) is 21.2. The first-order chi connectivity index (χ1) is 15.2. The first kappa shape index (κ1) is 19.5. The molecule has 31 heavy (non-hydrogen) atoms. The van der Waals surface area contributed by atoms with Gasteiger partial charge in [-0.15, -0.1) is 0 Å². The average molecular weight is 419 g/mol. The zero-order valence-electron chi connectivity index (χ0n) is 17.3. The topological polar surface area (TPSA) is 72.8 Å². The summed E-state index contributed by atoms with van der Waals surface area (Å²) in [6.07, 6.45) is 3.13. The summed E-state index contributed by atoms with van der Waals surface area (Å²) in [6.45, 7) is 2.82. The number of carbonyl (C=O) groups excluding carboxylic acids is 2. The molecule has 2 amide bonds. The van der Waals surface area contributed by atoms with Crippen molar-refractivity contribution in [3.05, 3.63) is 54.7 Å². The van der Waals surface area contributed by atoms with Gasteiger partial charge in [-0.1, -0.05) is 18.2 Å². The number of nitrogens with zero attached hydrogens (tertiary/aromatic N) is 2. The van der Waals surface area contributed by atoms with Crippen molar-refractivity contribution in [1.82, 2.24) is 9.88 Å². The van der Waals surface area contributed by atoms with Crippen LogP contribution in [0.15, 0.2) is 54.7 Å². The summed E-state index contributed by atoms with van der Waals surface area (Å²) in [4.78, 5) is 26.8. The van der Waals surface area contributed by atoms with Gasteiger partial charge in [0.1, 0.15) is 13.2 Å². The third kappa shape index (κ3) is 3.95. The standard InChI is InChI=1S/C24H25N3O4/c28-23-14-18(16-27(23)19-6-7-21-22(15-19)31-13-12-30-21)24(29)25-9-3-10-26-11-8-17-4-1-2-5-20(17)26/h1-2,4-8,11,15,18H,3,9-10,12-14,16H2,(H,25,29). The Morgan fingerprint density at radius 2 is 1.90 bits per heavy atom. The minimum Gasteiger partial charge on any atom is -0.486 e. The summed E-state index contributed by atoms with van der Waals surface area (Å²) in [6, 6.07) is 15.8. The van der Waals surface area contributed by atoms with Crippen LogP contribution >= 0.6 is 0 Å². The van der Waals surface area contributed by atoms with Crippen LogP contribution in [0.4, 0.5) is 5.69 Å². The summed E-state index contributed by atoms with van der Waals surface area (Å²) in [5, 5.41) is 4.22. The van der Waals surface area contributed by atoms with Crippen LogP contribution in [0.5, 0.6) is 11.5 Å². The summed E-state index contributed by atoms with van der Waals surface area (Å²) >= 11 is 0. The fourth-order valence-corrected chi connectivity index (χ4v) is 4.27.